The van der Waals surface area contributed by atoms with Crippen LogP contribution in [0.25, 0.3) is 0 Å². The zero-order chi connectivity index (χ0) is 11.6. The summed E-state index contributed by atoms with van der Waals surface area (Å²) in [5.41, 5.74) is 0.234. The Kier molecular flexibility index (Phi) is 8.58. The Morgan fingerprint density at radius 2 is 1.40 bits per heavy atom. The highest BCUT2D eigenvalue weighted by Crippen LogP contribution is 2.22. The molecule has 0 N–H and O–H groups in total. The first-order valence-electron chi connectivity index (χ1n) is 6.56. The van der Waals surface area contributed by atoms with Crippen molar-refractivity contribution in [2.75, 3.05) is 0 Å². The normalized spacial score (nSPS) is 10.9. The van der Waals surface area contributed by atoms with Crippen LogP contribution in [0.3, 0.4) is 0 Å². The molecule has 0 spiro atoms. The van der Waals surface area contributed by atoms with Crippen LogP contribution >= 0.6 is 0 Å². The first-order chi connectivity index (χ1) is 7.12. The highest BCUT2D eigenvalue weighted by atomic mass is 14.2. The fraction of sp³-hybridized carbons (Fsp3) is 0.867. The van der Waals surface area contributed by atoms with Gasteiger partial charge in [0, 0.05) is 5.41 Å². The SMILES string of the molecule is CC#CC(C)(C)CCCCCCCCC. The Labute approximate surface area is 96.8 Å². The largest absolute Gasteiger partial charge is 0.106 e. The minimum absolute atomic E-state index is 0.234. The molecule has 0 aromatic rings. The molecule has 0 unspecified atom stereocenters. The molecular formula is C15H28. The summed E-state index contributed by atoms with van der Waals surface area (Å²) >= 11 is 0. The molecule has 0 heterocycles. The van der Waals surface area contributed by atoms with E-state index < -0.39 is 0 Å². The van der Waals surface area contributed by atoms with Crippen LogP contribution in [-0.2, 0) is 0 Å². The van der Waals surface area contributed by atoms with Crippen LogP contribution in [-0.4, -0.2) is 0 Å². The van der Waals surface area contributed by atoms with Crippen LogP contribution in [0.1, 0.15) is 79.1 Å². The van der Waals surface area contributed by atoms with E-state index in [9.17, 15) is 0 Å². The molecule has 0 fully saturated rings. The third-order valence-corrected chi connectivity index (χ3v) is 2.87. The molecule has 0 aromatic carbocycles. The van der Waals surface area contributed by atoms with Crippen molar-refractivity contribution >= 4 is 0 Å². The summed E-state index contributed by atoms with van der Waals surface area (Å²) in [7, 11) is 0. The summed E-state index contributed by atoms with van der Waals surface area (Å²) in [4.78, 5) is 0. The molecule has 88 valence electrons. The van der Waals surface area contributed by atoms with Gasteiger partial charge in [-0.2, -0.15) is 0 Å². The average molecular weight is 208 g/mol. The summed E-state index contributed by atoms with van der Waals surface area (Å²) < 4.78 is 0. The van der Waals surface area contributed by atoms with Gasteiger partial charge in [0.05, 0.1) is 0 Å². The fourth-order valence-electron chi connectivity index (χ4n) is 1.92. The lowest BCUT2D eigenvalue weighted by Crippen LogP contribution is -2.07. The summed E-state index contributed by atoms with van der Waals surface area (Å²) in [5.74, 6) is 6.31. The van der Waals surface area contributed by atoms with Gasteiger partial charge in [-0.25, -0.2) is 0 Å². The lowest BCUT2D eigenvalue weighted by atomic mass is 9.87. The Morgan fingerprint density at radius 3 is 1.93 bits per heavy atom. The van der Waals surface area contributed by atoms with Crippen LogP contribution in [0.15, 0.2) is 0 Å². The summed E-state index contributed by atoms with van der Waals surface area (Å²) in [6.07, 6.45) is 11.0. The molecule has 15 heavy (non-hydrogen) atoms. The molecule has 0 aliphatic carbocycles. The molecule has 0 aliphatic rings. The third kappa shape index (κ3) is 9.85. The highest BCUT2D eigenvalue weighted by Gasteiger charge is 2.12. The molecule has 0 nitrogen and oxygen atoms in total. The summed E-state index contributed by atoms with van der Waals surface area (Å²) in [6, 6.07) is 0. The van der Waals surface area contributed by atoms with Crippen LogP contribution in [0.4, 0.5) is 0 Å². The van der Waals surface area contributed by atoms with E-state index in [4.69, 9.17) is 0 Å². The standard InChI is InChI=1S/C15H28/c1-5-7-8-9-10-11-12-14-15(3,4)13-6-2/h5,7-12,14H2,1-4H3. The summed E-state index contributed by atoms with van der Waals surface area (Å²) in [6.45, 7) is 8.71. The van der Waals surface area contributed by atoms with E-state index in [1.807, 2.05) is 6.92 Å². The van der Waals surface area contributed by atoms with E-state index in [0.29, 0.717) is 0 Å². The van der Waals surface area contributed by atoms with E-state index in [-0.39, 0.29) is 5.41 Å². The number of rotatable bonds is 8. The van der Waals surface area contributed by atoms with E-state index in [1.54, 1.807) is 0 Å². The molecule has 0 aliphatic heterocycles. The summed E-state index contributed by atoms with van der Waals surface area (Å²) in [5, 5.41) is 0. The number of hydrogen-bond acceptors (Lipinski definition) is 0. The minimum atomic E-state index is 0.234. The van der Waals surface area contributed by atoms with Crippen LogP contribution < -0.4 is 0 Å². The van der Waals surface area contributed by atoms with Crippen molar-refractivity contribution in [2.45, 2.75) is 79.1 Å². The van der Waals surface area contributed by atoms with E-state index in [0.717, 1.165) is 0 Å². The fourth-order valence-corrected chi connectivity index (χ4v) is 1.92. The Balaban J connectivity index is 3.33. The topological polar surface area (TPSA) is 0 Å². The molecule has 0 rings (SSSR count). The second-order valence-corrected chi connectivity index (χ2v) is 5.13. The lowest BCUT2D eigenvalue weighted by molar-refractivity contribution is 0.424. The van der Waals surface area contributed by atoms with E-state index >= 15 is 0 Å². The maximum absolute atomic E-state index is 3.28. The van der Waals surface area contributed by atoms with Gasteiger partial charge < -0.3 is 0 Å². The Hall–Kier alpha value is -0.440. The minimum Gasteiger partial charge on any atom is -0.106 e. The molecule has 0 saturated heterocycles. The van der Waals surface area contributed by atoms with Gasteiger partial charge in [0.2, 0.25) is 0 Å². The van der Waals surface area contributed by atoms with E-state index in [1.165, 1.54) is 51.4 Å². The predicted octanol–water partition coefficient (Wildman–Crippen LogP) is 5.18. The molecule has 0 amide bonds. The van der Waals surface area contributed by atoms with E-state index in [2.05, 4.69) is 32.6 Å². The van der Waals surface area contributed by atoms with Crippen LogP contribution in [0.5, 0.6) is 0 Å². The molecule has 0 atom stereocenters. The van der Waals surface area contributed by atoms with Gasteiger partial charge in [-0.1, -0.05) is 57.8 Å². The first-order valence-corrected chi connectivity index (χ1v) is 6.56. The van der Waals surface area contributed by atoms with Gasteiger partial charge in [-0.05, 0) is 27.2 Å². The van der Waals surface area contributed by atoms with Gasteiger partial charge in [0.25, 0.3) is 0 Å². The second kappa shape index (κ2) is 8.84. The van der Waals surface area contributed by atoms with Crippen molar-refractivity contribution < 1.29 is 0 Å². The zero-order valence-corrected chi connectivity index (χ0v) is 11.2. The molecule has 0 saturated carbocycles. The van der Waals surface area contributed by atoms with Crippen molar-refractivity contribution in [2.24, 2.45) is 5.41 Å². The quantitative estimate of drug-likeness (QED) is 0.381. The van der Waals surface area contributed by atoms with Gasteiger partial charge in [0.1, 0.15) is 0 Å². The highest BCUT2D eigenvalue weighted by molar-refractivity contribution is 5.06. The van der Waals surface area contributed by atoms with Crippen molar-refractivity contribution in [3.05, 3.63) is 0 Å². The maximum atomic E-state index is 3.28. The van der Waals surface area contributed by atoms with Gasteiger partial charge in [0.15, 0.2) is 0 Å². The maximum Gasteiger partial charge on any atom is 0.0258 e. The molecule has 0 bridgehead atoms. The third-order valence-electron chi connectivity index (χ3n) is 2.87. The van der Waals surface area contributed by atoms with Gasteiger partial charge in [-0.15, -0.1) is 5.92 Å². The monoisotopic (exact) mass is 208 g/mol. The predicted molar refractivity (Wildman–Crippen MR) is 69.8 cm³/mol. The van der Waals surface area contributed by atoms with Crippen LogP contribution in [0.2, 0.25) is 0 Å². The molecule has 0 heteroatoms. The van der Waals surface area contributed by atoms with Crippen LogP contribution in [0, 0.1) is 17.3 Å². The van der Waals surface area contributed by atoms with Crippen molar-refractivity contribution in [3.8, 4) is 11.8 Å². The second-order valence-electron chi connectivity index (χ2n) is 5.13. The van der Waals surface area contributed by atoms with Gasteiger partial charge in [-0.3, -0.25) is 0 Å². The smallest absolute Gasteiger partial charge is 0.0258 e. The van der Waals surface area contributed by atoms with Crippen molar-refractivity contribution in [1.82, 2.24) is 0 Å². The average Bonchev–Trinajstić information content (AvgIpc) is 2.16. The number of unbranched alkanes of at least 4 members (excludes halogenated alkanes) is 6. The lowest BCUT2D eigenvalue weighted by Gasteiger charge is -2.16. The molecular weight excluding hydrogens is 180 g/mol. The molecule has 0 radical (unpaired) electrons. The van der Waals surface area contributed by atoms with Crippen molar-refractivity contribution in [3.63, 3.8) is 0 Å². The Morgan fingerprint density at radius 1 is 0.867 bits per heavy atom. The van der Waals surface area contributed by atoms with Gasteiger partial charge >= 0.3 is 0 Å². The first kappa shape index (κ1) is 14.6. The number of hydrogen-bond donors (Lipinski definition) is 0. The molecule has 0 aromatic heterocycles. The zero-order valence-electron chi connectivity index (χ0n) is 11.2. The Bertz CT molecular complexity index is 190. The van der Waals surface area contributed by atoms with Crippen molar-refractivity contribution in [1.29, 1.82) is 0 Å².